The summed E-state index contributed by atoms with van der Waals surface area (Å²) in [5.74, 6) is -1.10. The van der Waals surface area contributed by atoms with Crippen LogP contribution in [0.5, 0.6) is 0 Å². The maximum atomic E-state index is 10.6. The number of nitrogens with zero attached hydrogens (tertiary/aromatic N) is 3. The van der Waals surface area contributed by atoms with Gasteiger partial charge in [-0.25, -0.2) is 9.48 Å². The second kappa shape index (κ2) is 4.21. The molecule has 1 heterocycles. The van der Waals surface area contributed by atoms with Crippen LogP contribution in [0.15, 0.2) is 6.20 Å². The molecule has 88 valence electrons. The van der Waals surface area contributed by atoms with Crippen molar-refractivity contribution in [2.45, 2.75) is 44.2 Å². The monoisotopic (exact) mass is 225 g/mol. The first-order chi connectivity index (χ1) is 7.59. The molecule has 16 heavy (non-hydrogen) atoms. The van der Waals surface area contributed by atoms with Gasteiger partial charge in [0, 0.05) is 0 Å². The van der Waals surface area contributed by atoms with E-state index >= 15 is 0 Å². The van der Waals surface area contributed by atoms with Gasteiger partial charge in [0.25, 0.3) is 0 Å². The lowest BCUT2D eigenvalue weighted by atomic mass is 9.85. The van der Waals surface area contributed by atoms with Gasteiger partial charge in [0.15, 0.2) is 5.69 Å². The Balaban J connectivity index is 2.04. The lowest BCUT2D eigenvalue weighted by Gasteiger charge is -2.31. The fraction of sp³-hybridized carbons (Fsp3) is 0.700. The molecule has 0 radical (unpaired) electrons. The summed E-state index contributed by atoms with van der Waals surface area (Å²) in [5, 5.41) is 26.1. The smallest absolute Gasteiger partial charge is 0.358 e. The van der Waals surface area contributed by atoms with E-state index in [0.717, 1.165) is 32.1 Å². The summed E-state index contributed by atoms with van der Waals surface area (Å²) in [4.78, 5) is 10.6. The highest BCUT2D eigenvalue weighted by Gasteiger charge is 2.30. The van der Waals surface area contributed by atoms with Gasteiger partial charge in [-0.3, -0.25) is 0 Å². The van der Waals surface area contributed by atoms with Crippen molar-refractivity contribution in [1.29, 1.82) is 0 Å². The van der Waals surface area contributed by atoms with E-state index in [4.69, 9.17) is 5.11 Å². The van der Waals surface area contributed by atoms with Gasteiger partial charge < -0.3 is 10.2 Å². The highest BCUT2D eigenvalue weighted by Crippen LogP contribution is 2.29. The van der Waals surface area contributed by atoms with E-state index < -0.39 is 11.6 Å². The lowest BCUT2D eigenvalue weighted by molar-refractivity contribution is -0.0147. The molecule has 0 bridgehead atoms. The van der Waals surface area contributed by atoms with E-state index in [1.54, 1.807) is 0 Å². The Morgan fingerprint density at radius 1 is 1.44 bits per heavy atom. The van der Waals surface area contributed by atoms with Crippen LogP contribution in [-0.4, -0.2) is 36.8 Å². The molecule has 0 aliphatic heterocycles. The fourth-order valence-electron chi connectivity index (χ4n) is 2.14. The number of hydrogen-bond donors (Lipinski definition) is 2. The Labute approximate surface area is 92.9 Å². The fourth-order valence-corrected chi connectivity index (χ4v) is 2.14. The van der Waals surface area contributed by atoms with E-state index in [0.29, 0.717) is 6.54 Å². The quantitative estimate of drug-likeness (QED) is 0.789. The van der Waals surface area contributed by atoms with Crippen molar-refractivity contribution >= 4 is 5.97 Å². The standard InChI is InChI=1S/C10H15N3O3/c14-9(15)8-6-13(12-11-8)7-10(16)4-2-1-3-5-10/h6,16H,1-5,7H2,(H,14,15). The molecular formula is C10H15N3O3. The molecule has 6 heteroatoms. The first-order valence-electron chi connectivity index (χ1n) is 5.45. The van der Waals surface area contributed by atoms with Gasteiger partial charge >= 0.3 is 5.97 Å². The molecule has 0 unspecified atom stereocenters. The highest BCUT2D eigenvalue weighted by atomic mass is 16.4. The minimum atomic E-state index is -1.10. The van der Waals surface area contributed by atoms with Crippen molar-refractivity contribution in [3.8, 4) is 0 Å². The van der Waals surface area contributed by atoms with Gasteiger partial charge in [-0.1, -0.05) is 24.5 Å². The van der Waals surface area contributed by atoms with Crippen LogP contribution < -0.4 is 0 Å². The molecule has 0 spiro atoms. The molecule has 1 aromatic rings. The maximum absolute atomic E-state index is 10.6. The largest absolute Gasteiger partial charge is 0.476 e. The van der Waals surface area contributed by atoms with Crippen molar-refractivity contribution < 1.29 is 15.0 Å². The van der Waals surface area contributed by atoms with Crippen LogP contribution in [0, 0.1) is 0 Å². The summed E-state index contributed by atoms with van der Waals surface area (Å²) < 4.78 is 1.41. The molecule has 2 rings (SSSR count). The number of carbonyl (C=O) groups is 1. The first-order valence-corrected chi connectivity index (χ1v) is 5.45. The van der Waals surface area contributed by atoms with Crippen LogP contribution in [0.1, 0.15) is 42.6 Å². The van der Waals surface area contributed by atoms with Crippen molar-refractivity contribution in [3.05, 3.63) is 11.9 Å². The Hall–Kier alpha value is -1.43. The van der Waals surface area contributed by atoms with Crippen LogP contribution in [0.2, 0.25) is 0 Å². The Morgan fingerprint density at radius 3 is 2.69 bits per heavy atom. The van der Waals surface area contributed by atoms with Gasteiger partial charge in [-0.15, -0.1) is 5.10 Å². The number of hydrogen-bond acceptors (Lipinski definition) is 4. The molecule has 1 saturated carbocycles. The van der Waals surface area contributed by atoms with E-state index in [2.05, 4.69) is 10.3 Å². The third-order valence-corrected chi connectivity index (χ3v) is 3.00. The minimum absolute atomic E-state index is 0.0839. The molecule has 0 saturated heterocycles. The molecule has 2 N–H and O–H groups in total. The normalized spacial score (nSPS) is 19.6. The predicted molar refractivity (Wildman–Crippen MR) is 55.0 cm³/mol. The average Bonchev–Trinajstić information content (AvgIpc) is 2.66. The van der Waals surface area contributed by atoms with Gasteiger partial charge in [-0.2, -0.15) is 0 Å². The molecule has 1 aromatic heterocycles. The topological polar surface area (TPSA) is 88.2 Å². The summed E-state index contributed by atoms with van der Waals surface area (Å²) in [6.45, 7) is 0.327. The summed E-state index contributed by atoms with van der Waals surface area (Å²) in [7, 11) is 0. The molecule has 0 aromatic carbocycles. The Kier molecular flexibility index (Phi) is 2.91. The zero-order valence-electron chi connectivity index (χ0n) is 8.96. The number of aromatic carboxylic acids is 1. The van der Waals surface area contributed by atoms with E-state index in [1.165, 1.54) is 10.9 Å². The Bertz CT molecular complexity index is 382. The molecule has 1 aliphatic rings. The van der Waals surface area contributed by atoms with Gasteiger partial charge in [0.05, 0.1) is 18.3 Å². The summed E-state index contributed by atoms with van der Waals surface area (Å²) in [5.41, 5.74) is -0.832. The van der Waals surface area contributed by atoms with Crippen LogP contribution in [-0.2, 0) is 6.54 Å². The third-order valence-electron chi connectivity index (χ3n) is 3.00. The van der Waals surface area contributed by atoms with Crippen LogP contribution in [0.4, 0.5) is 0 Å². The van der Waals surface area contributed by atoms with Gasteiger partial charge in [-0.05, 0) is 12.8 Å². The number of aliphatic hydroxyl groups is 1. The SMILES string of the molecule is O=C(O)c1cn(CC2(O)CCCCC2)nn1. The van der Waals surface area contributed by atoms with Crippen molar-refractivity contribution in [3.63, 3.8) is 0 Å². The van der Waals surface area contributed by atoms with Crippen LogP contribution in [0.25, 0.3) is 0 Å². The molecule has 1 fully saturated rings. The van der Waals surface area contributed by atoms with Crippen LogP contribution in [0.3, 0.4) is 0 Å². The molecule has 0 atom stereocenters. The second-order valence-electron chi connectivity index (χ2n) is 4.39. The third kappa shape index (κ3) is 2.38. The zero-order chi connectivity index (χ0) is 11.6. The van der Waals surface area contributed by atoms with Crippen molar-refractivity contribution in [2.24, 2.45) is 0 Å². The second-order valence-corrected chi connectivity index (χ2v) is 4.39. The maximum Gasteiger partial charge on any atom is 0.358 e. The molecular weight excluding hydrogens is 210 g/mol. The first kappa shape index (κ1) is 11.1. The van der Waals surface area contributed by atoms with Crippen molar-refractivity contribution in [2.75, 3.05) is 0 Å². The zero-order valence-corrected chi connectivity index (χ0v) is 8.96. The summed E-state index contributed by atoms with van der Waals surface area (Å²) >= 11 is 0. The lowest BCUT2D eigenvalue weighted by Crippen LogP contribution is -2.36. The molecule has 6 nitrogen and oxygen atoms in total. The van der Waals surface area contributed by atoms with Gasteiger partial charge in [0.2, 0.25) is 0 Å². The van der Waals surface area contributed by atoms with Crippen molar-refractivity contribution in [1.82, 2.24) is 15.0 Å². The van der Waals surface area contributed by atoms with E-state index in [9.17, 15) is 9.90 Å². The molecule has 0 amide bonds. The van der Waals surface area contributed by atoms with E-state index in [-0.39, 0.29) is 5.69 Å². The number of aromatic nitrogens is 3. The number of rotatable bonds is 3. The molecule has 1 aliphatic carbocycles. The number of carboxylic acid groups (broad SMARTS) is 1. The Morgan fingerprint density at radius 2 is 2.12 bits per heavy atom. The summed E-state index contributed by atoms with van der Waals surface area (Å²) in [6, 6.07) is 0. The minimum Gasteiger partial charge on any atom is -0.476 e. The number of carboxylic acids is 1. The summed E-state index contributed by atoms with van der Waals surface area (Å²) in [6.07, 6.45) is 6.02. The highest BCUT2D eigenvalue weighted by molar-refractivity contribution is 5.84. The predicted octanol–water partition coefficient (Wildman–Crippen LogP) is 0.671. The van der Waals surface area contributed by atoms with Crippen LogP contribution >= 0.6 is 0 Å². The van der Waals surface area contributed by atoms with E-state index in [1.807, 2.05) is 0 Å². The van der Waals surface area contributed by atoms with Gasteiger partial charge in [0.1, 0.15) is 0 Å². The average molecular weight is 225 g/mol.